The van der Waals surface area contributed by atoms with E-state index in [1.807, 2.05) is 24.3 Å². The lowest BCUT2D eigenvalue weighted by molar-refractivity contribution is -0.124. The van der Waals surface area contributed by atoms with Gasteiger partial charge in [-0.1, -0.05) is 18.2 Å². The Morgan fingerprint density at radius 1 is 1.43 bits per heavy atom. The van der Waals surface area contributed by atoms with Crippen LogP contribution >= 0.6 is 0 Å². The van der Waals surface area contributed by atoms with Crippen LogP contribution in [0.4, 0.5) is 0 Å². The van der Waals surface area contributed by atoms with Gasteiger partial charge >= 0.3 is 0 Å². The van der Waals surface area contributed by atoms with Gasteiger partial charge in [-0.15, -0.1) is 0 Å². The Hall–Kier alpha value is -1.59. The molecule has 1 aromatic carbocycles. The highest BCUT2D eigenvalue weighted by atomic mass is 16.5. The summed E-state index contributed by atoms with van der Waals surface area (Å²) in [6.07, 6.45) is 5.43. The molecule has 1 aromatic rings. The first-order chi connectivity index (χ1) is 11.2. The molecule has 1 spiro atoms. The minimum atomic E-state index is -0.231. The van der Waals surface area contributed by atoms with E-state index in [0.29, 0.717) is 13.0 Å². The van der Waals surface area contributed by atoms with Crippen LogP contribution in [-0.2, 0) is 9.53 Å². The SMILES string of the molecule is COC(CN)CC(=O)NC1CC2(CCCC2)Oc2ccccc21. The molecular formula is C18H26N2O3. The second-order valence-corrected chi connectivity index (χ2v) is 6.65. The third-order valence-electron chi connectivity index (χ3n) is 5.06. The molecule has 1 aliphatic heterocycles. The van der Waals surface area contributed by atoms with Crippen LogP contribution in [0.2, 0.25) is 0 Å². The second-order valence-electron chi connectivity index (χ2n) is 6.65. The molecule has 5 nitrogen and oxygen atoms in total. The first-order valence-electron chi connectivity index (χ1n) is 8.46. The summed E-state index contributed by atoms with van der Waals surface area (Å²) >= 11 is 0. The number of para-hydroxylation sites is 1. The van der Waals surface area contributed by atoms with E-state index in [9.17, 15) is 4.79 Å². The minimum absolute atomic E-state index is 0.000769. The molecule has 3 rings (SSSR count). The van der Waals surface area contributed by atoms with Gasteiger partial charge in [0.1, 0.15) is 11.4 Å². The number of rotatable bonds is 5. The zero-order valence-corrected chi connectivity index (χ0v) is 13.7. The Balaban J connectivity index is 1.76. The molecular weight excluding hydrogens is 292 g/mol. The van der Waals surface area contributed by atoms with Crippen LogP contribution in [0.25, 0.3) is 0 Å². The van der Waals surface area contributed by atoms with E-state index in [4.69, 9.17) is 15.2 Å². The summed E-state index contributed by atoms with van der Waals surface area (Å²) in [5.41, 5.74) is 6.57. The van der Waals surface area contributed by atoms with Gasteiger partial charge in [0.2, 0.25) is 5.91 Å². The van der Waals surface area contributed by atoms with E-state index in [1.54, 1.807) is 7.11 Å². The number of amides is 1. The van der Waals surface area contributed by atoms with E-state index < -0.39 is 0 Å². The smallest absolute Gasteiger partial charge is 0.223 e. The first-order valence-corrected chi connectivity index (χ1v) is 8.46. The summed E-state index contributed by atoms with van der Waals surface area (Å²) in [6, 6.07) is 8.03. The van der Waals surface area contributed by atoms with Crippen LogP contribution in [0.5, 0.6) is 5.75 Å². The van der Waals surface area contributed by atoms with Crippen molar-refractivity contribution in [3.63, 3.8) is 0 Å². The molecule has 2 aliphatic rings. The van der Waals surface area contributed by atoms with E-state index >= 15 is 0 Å². The molecule has 1 aliphatic carbocycles. The Kier molecular flexibility index (Phi) is 4.87. The topological polar surface area (TPSA) is 73.6 Å². The lowest BCUT2D eigenvalue weighted by atomic mass is 9.86. The normalized spacial score (nSPS) is 23.1. The Morgan fingerprint density at radius 2 is 2.17 bits per heavy atom. The first kappa shape index (κ1) is 16.3. The van der Waals surface area contributed by atoms with Gasteiger partial charge in [-0.2, -0.15) is 0 Å². The van der Waals surface area contributed by atoms with Crippen molar-refractivity contribution >= 4 is 5.91 Å². The Bertz CT molecular complexity index is 551. The molecule has 1 amide bonds. The van der Waals surface area contributed by atoms with Gasteiger partial charge in [-0.05, 0) is 31.7 Å². The van der Waals surface area contributed by atoms with Crippen LogP contribution in [0.3, 0.4) is 0 Å². The number of hydrogen-bond acceptors (Lipinski definition) is 4. The van der Waals surface area contributed by atoms with Gasteiger partial charge in [0.05, 0.1) is 18.6 Å². The molecule has 5 heteroatoms. The van der Waals surface area contributed by atoms with E-state index in [1.165, 1.54) is 12.8 Å². The van der Waals surface area contributed by atoms with Crippen molar-refractivity contribution in [2.45, 2.75) is 56.3 Å². The van der Waals surface area contributed by atoms with E-state index in [-0.39, 0.29) is 23.7 Å². The Morgan fingerprint density at radius 3 is 2.87 bits per heavy atom. The molecule has 2 atom stereocenters. The number of nitrogens with one attached hydrogen (secondary N) is 1. The van der Waals surface area contributed by atoms with Crippen LogP contribution in [0.15, 0.2) is 24.3 Å². The Labute approximate surface area is 137 Å². The molecule has 1 heterocycles. The number of ether oxygens (including phenoxy) is 2. The maximum atomic E-state index is 12.4. The third-order valence-corrected chi connectivity index (χ3v) is 5.06. The van der Waals surface area contributed by atoms with Crippen LogP contribution in [0.1, 0.15) is 50.1 Å². The van der Waals surface area contributed by atoms with Crippen molar-refractivity contribution in [3.05, 3.63) is 29.8 Å². The quantitative estimate of drug-likeness (QED) is 0.874. The highest BCUT2D eigenvalue weighted by molar-refractivity contribution is 5.77. The van der Waals surface area contributed by atoms with Gasteiger partial charge < -0.3 is 20.5 Å². The maximum Gasteiger partial charge on any atom is 0.223 e. The molecule has 0 saturated heterocycles. The highest BCUT2D eigenvalue weighted by Crippen LogP contribution is 2.46. The number of nitrogens with two attached hydrogens (primary N) is 1. The zero-order valence-electron chi connectivity index (χ0n) is 13.7. The number of fused-ring (bicyclic) bond motifs is 1. The largest absolute Gasteiger partial charge is 0.487 e. The van der Waals surface area contributed by atoms with E-state index in [0.717, 1.165) is 30.6 Å². The minimum Gasteiger partial charge on any atom is -0.487 e. The molecule has 0 radical (unpaired) electrons. The summed E-state index contributed by atoms with van der Waals surface area (Å²) in [4.78, 5) is 12.4. The number of carbonyl (C=O) groups is 1. The predicted molar refractivity (Wildman–Crippen MR) is 88.2 cm³/mol. The molecule has 23 heavy (non-hydrogen) atoms. The van der Waals surface area contributed by atoms with Crippen molar-refractivity contribution in [3.8, 4) is 5.75 Å². The second kappa shape index (κ2) is 6.89. The van der Waals surface area contributed by atoms with Gasteiger partial charge in [0.25, 0.3) is 0 Å². The zero-order chi connectivity index (χ0) is 16.3. The molecule has 0 bridgehead atoms. The van der Waals surface area contributed by atoms with Gasteiger partial charge in [0.15, 0.2) is 0 Å². The molecule has 3 N–H and O–H groups in total. The fourth-order valence-corrected chi connectivity index (χ4v) is 3.80. The summed E-state index contributed by atoms with van der Waals surface area (Å²) < 4.78 is 11.5. The molecule has 1 fully saturated rings. The molecule has 0 aromatic heterocycles. The average Bonchev–Trinajstić information content (AvgIpc) is 3.00. The average molecular weight is 318 g/mol. The summed E-state index contributed by atoms with van der Waals surface area (Å²) in [7, 11) is 1.59. The third kappa shape index (κ3) is 3.51. The van der Waals surface area contributed by atoms with Crippen LogP contribution in [0, 0.1) is 0 Å². The summed E-state index contributed by atoms with van der Waals surface area (Å²) in [5, 5.41) is 3.17. The standard InChI is InChI=1S/C18H26N2O3/c1-22-13(12-19)10-17(21)20-15-11-18(8-4-5-9-18)23-16-7-3-2-6-14(15)16/h2-3,6-7,13,15H,4-5,8-12,19H2,1H3,(H,20,21). The number of benzene rings is 1. The maximum absolute atomic E-state index is 12.4. The van der Waals surface area contributed by atoms with Crippen molar-refractivity contribution in [1.82, 2.24) is 5.32 Å². The number of hydrogen-bond donors (Lipinski definition) is 2. The highest BCUT2D eigenvalue weighted by Gasteiger charge is 2.43. The fraction of sp³-hybridized carbons (Fsp3) is 0.611. The van der Waals surface area contributed by atoms with E-state index in [2.05, 4.69) is 5.32 Å². The van der Waals surface area contributed by atoms with Gasteiger partial charge in [0, 0.05) is 25.6 Å². The predicted octanol–water partition coefficient (Wildman–Crippen LogP) is 2.30. The monoisotopic (exact) mass is 318 g/mol. The van der Waals surface area contributed by atoms with Crippen molar-refractivity contribution < 1.29 is 14.3 Å². The van der Waals surface area contributed by atoms with Gasteiger partial charge in [-0.25, -0.2) is 0 Å². The molecule has 2 unspecified atom stereocenters. The van der Waals surface area contributed by atoms with Crippen molar-refractivity contribution in [2.75, 3.05) is 13.7 Å². The summed E-state index contributed by atoms with van der Waals surface area (Å²) in [6.45, 7) is 0.345. The van der Waals surface area contributed by atoms with Crippen molar-refractivity contribution in [1.29, 1.82) is 0 Å². The van der Waals surface area contributed by atoms with Crippen LogP contribution in [-0.4, -0.2) is 31.3 Å². The van der Waals surface area contributed by atoms with Gasteiger partial charge in [-0.3, -0.25) is 4.79 Å². The number of methoxy groups -OCH3 is 1. The fourth-order valence-electron chi connectivity index (χ4n) is 3.80. The number of carbonyl (C=O) groups excluding carboxylic acids is 1. The lowest BCUT2D eigenvalue weighted by Gasteiger charge is -2.40. The van der Waals surface area contributed by atoms with Crippen molar-refractivity contribution in [2.24, 2.45) is 5.73 Å². The lowest BCUT2D eigenvalue weighted by Crippen LogP contribution is -2.44. The molecule has 1 saturated carbocycles. The molecule has 126 valence electrons. The summed E-state index contributed by atoms with van der Waals surface area (Å²) in [5.74, 6) is 0.894. The van der Waals surface area contributed by atoms with Crippen LogP contribution < -0.4 is 15.8 Å².